The van der Waals surface area contributed by atoms with Crippen molar-refractivity contribution < 1.29 is 19.1 Å². The van der Waals surface area contributed by atoms with Crippen LogP contribution < -0.4 is 10.1 Å². The molecule has 0 radical (unpaired) electrons. The van der Waals surface area contributed by atoms with E-state index in [1.54, 1.807) is 38.1 Å². The number of nitrogens with one attached hydrogen (secondary N) is 1. The van der Waals surface area contributed by atoms with Gasteiger partial charge in [0.05, 0.1) is 11.7 Å². The first-order valence-electron chi connectivity index (χ1n) is 7.74. The molecule has 0 atom stereocenters. The number of carbonyl (C=O) groups is 2. The number of hydrogen-bond donors (Lipinski definition) is 1. The molecule has 0 saturated carbocycles. The van der Waals surface area contributed by atoms with Crippen LogP contribution in [0.15, 0.2) is 48.5 Å². The summed E-state index contributed by atoms with van der Waals surface area (Å²) in [4.78, 5) is 23.6. The van der Waals surface area contributed by atoms with Gasteiger partial charge in [-0.3, -0.25) is 4.79 Å². The first-order chi connectivity index (χ1) is 11.4. The number of aryl methyl sites for hydroxylation is 1. The van der Waals surface area contributed by atoms with Crippen LogP contribution in [0.5, 0.6) is 5.75 Å². The fraction of sp³-hybridized carbons (Fsp3) is 0.263. The summed E-state index contributed by atoms with van der Waals surface area (Å²) in [6, 6.07) is 14.0. The van der Waals surface area contributed by atoms with Crippen molar-refractivity contribution in [3.8, 4) is 5.75 Å². The summed E-state index contributed by atoms with van der Waals surface area (Å²) in [5, 5.41) is 2.71. The fourth-order valence-electron chi connectivity index (χ4n) is 1.95. The predicted octanol–water partition coefficient (Wildman–Crippen LogP) is 3.58. The van der Waals surface area contributed by atoms with Crippen molar-refractivity contribution in [3.63, 3.8) is 0 Å². The van der Waals surface area contributed by atoms with Gasteiger partial charge in [0.25, 0.3) is 5.91 Å². The van der Waals surface area contributed by atoms with Gasteiger partial charge >= 0.3 is 5.97 Å². The maximum Gasteiger partial charge on any atom is 0.338 e. The minimum Gasteiger partial charge on any atom is -0.484 e. The molecule has 2 rings (SSSR count). The van der Waals surface area contributed by atoms with Gasteiger partial charge in [-0.15, -0.1) is 0 Å². The Morgan fingerprint density at radius 2 is 1.62 bits per heavy atom. The van der Waals surface area contributed by atoms with Crippen LogP contribution in [0.25, 0.3) is 0 Å². The third-order valence-electron chi connectivity index (χ3n) is 3.14. The van der Waals surface area contributed by atoms with Gasteiger partial charge < -0.3 is 14.8 Å². The van der Waals surface area contributed by atoms with Crippen LogP contribution in [0.2, 0.25) is 0 Å². The smallest absolute Gasteiger partial charge is 0.338 e. The van der Waals surface area contributed by atoms with Gasteiger partial charge in [-0.05, 0) is 57.2 Å². The van der Waals surface area contributed by atoms with E-state index in [-0.39, 0.29) is 24.6 Å². The maximum absolute atomic E-state index is 11.9. The Bertz CT molecular complexity index is 690. The second kappa shape index (κ2) is 8.15. The van der Waals surface area contributed by atoms with Crippen LogP contribution in [0, 0.1) is 6.92 Å². The van der Waals surface area contributed by atoms with Gasteiger partial charge in [-0.2, -0.15) is 0 Å². The number of ether oxygens (including phenoxy) is 2. The topological polar surface area (TPSA) is 64.6 Å². The first-order valence-corrected chi connectivity index (χ1v) is 7.74. The van der Waals surface area contributed by atoms with E-state index in [1.807, 2.05) is 31.2 Å². The highest BCUT2D eigenvalue weighted by Crippen LogP contribution is 2.13. The summed E-state index contributed by atoms with van der Waals surface area (Å²) in [5.74, 6) is -0.0128. The second-order valence-electron chi connectivity index (χ2n) is 5.68. The molecule has 0 bridgehead atoms. The molecule has 0 saturated heterocycles. The Balaban J connectivity index is 1.85. The Labute approximate surface area is 141 Å². The zero-order chi connectivity index (χ0) is 17.5. The highest BCUT2D eigenvalue weighted by molar-refractivity contribution is 5.93. The van der Waals surface area contributed by atoms with E-state index in [0.717, 1.165) is 5.56 Å². The van der Waals surface area contributed by atoms with E-state index >= 15 is 0 Å². The van der Waals surface area contributed by atoms with Crippen LogP contribution in [-0.4, -0.2) is 24.6 Å². The van der Waals surface area contributed by atoms with Crippen molar-refractivity contribution in [2.75, 3.05) is 11.9 Å². The summed E-state index contributed by atoms with van der Waals surface area (Å²) < 4.78 is 10.5. The highest BCUT2D eigenvalue weighted by atomic mass is 16.5. The molecule has 2 aromatic carbocycles. The Morgan fingerprint density at radius 1 is 1.00 bits per heavy atom. The van der Waals surface area contributed by atoms with Gasteiger partial charge in [0.1, 0.15) is 5.75 Å². The number of rotatable bonds is 6. The van der Waals surface area contributed by atoms with Crippen LogP contribution in [0.3, 0.4) is 0 Å². The van der Waals surface area contributed by atoms with Gasteiger partial charge in [-0.25, -0.2) is 4.79 Å². The molecule has 0 unspecified atom stereocenters. The molecule has 0 aliphatic carbocycles. The molecule has 24 heavy (non-hydrogen) atoms. The molecule has 5 nitrogen and oxygen atoms in total. The number of esters is 1. The Kier molecular flexibility index (Phi) is 5.95. The minimum absolute atomic E-state index is 0.0831. The Morgan fingerprint density at radius 3 is 2.21 bits per heavy atom. The van der Waals surface area contributed by atoms with Crippen LogP contribution in [0.4, 0.5) is 5.69 Å². The van der Waals surface area contributed by atoms with E-state index in [2.05, 4.69) is 5.32 Å². The molecule has 126 valence electrons. The lowest BCUT2D eigenvalue weighted by atomic mass is 10.2. The Hall–Kier alpha value is -2.82. The van der Waals surface area contributed by atoms with Gasteiger partial charge in [0, 0.05) is 5.69 Å². The lowest BCUT2D eigenvalue weighted by Crippen LogP contribution is -2.20. The third kappa shape index (κ3) is 5.43. The van der Waals surface area contributed by atoms with E-state index in [4.69, 9.17) is 9.47 Å². The van der Waals surface area contributed by atoms with Crippen molar-refractivity contribution in [2.24, 2.45) is 0 Å². The number of benzene rings is 2. The monoisotopic (exact) mass is 327 g/mol. The quantitative estimate of drug-likeness (QED) is 0.824. The molecule has 1 N–H and O–H groups in total. The lowest BCUT2D eigenvalue weighted by Gasteiger charge is -2.09. The summed E-state index contributed by atoms with van der Waals surface area (Å²) in [7, 11) is 0. The van der Waals surface area contributed by atoms with Gasteiger partial charge in [0.2, 0.25) is 0 Å². The molecule has 2 aromatic rings. The summed E-state index contributed by atoms with van der Waals surface area (Å²) in [6.07, 6.45) is -0.171. The van der Waals surface area contributed by atoms with E-state index in [0.29, 0.717) is 17.0 Å². The number of carbonyl (C=O) groups excluding carboxylic acids is 2. The number of hydrogen-bond acceptors (Lipinski definition) is 4. The molecule has 0 aromatic heterocycles. The predicted molar refractivity (Wildman–Crippen MR) is 92.3 cm³/mol. The molecule has 1 amide bonds. The molecule has 0 spiro atoms. The average Bonchev–Trinajstić information content (AvgIpc) is 2.54. The standard InChI is InChI=1S/C19H21NO4/c1-13(2)24-19(22)15-6-8-16(9-7-15)20-18(21)12-23-17-10-4-14(3)5-11-17/h4-11,13H,12H2,1-3H3,(H,20,21). The first kappa shape index (κ1) is 17.5. The normalized spacial score (nSPS) is 10.3. The average molecular weight is 327 g/mol. The molecular formula is C19H21NO4. The van der Waals surface area contributed by atoms with Gasteiger partial charge in [-0.1, -0.05) is 17.7 Å². The molecule has 0 heterocycles. The molecule has 0 aliphatic rings. The summed E-state index contributed by atoms with van der Waals surface area (Å²) >= 11 is 0. The van der Waals surface area contributed by atoms with Crippen molar-refractivity contribution in [1.82, 2.24) is 0 Å². The SMILES string of the molecule is Cc1ccc(OCC(=O)Nc2ccc(C(=O)OC(C)C)cc2)cc1. The molecule has 0 aliphatic heterocycles. The van der Waals surface area contributed by atoms with E-state index in [1.165, 1.54) is 0 Å². The number of amides is 1. The third-order valence-corrected chi connectivity index (χ3v) is 3.14. The molecule has 5 heteroatoms. The van der Waals surface area contributed by atoms with Crippen molar-refractivity contribution in [2.45, 2.75) is 26.9 Å². The van der Waals surface area contributed by atoms with Crippen molar-refractivity contribution in [1.29, 1.82) is 0 Å². The van der Waals surface area contributed by atoms with Crippen molar-refractivity contribution in [3.05, 3.63) is 59.7 Å². The van der Waals surface area contributed by atoms with Gasteiger partial charge in [0.15, 0.2) is 6.61 Å². The maximum atomic E-state index is 11.9. The zero-order valence-corrected chi connectivity index (χ0v) is 14.0. The minimum atomic E-state index is -0.384. The van der Waals surface area contributed by atoms with E-state index in [9.17, 15) is 9.59 Å². The van der Waals surface area contributed by atoms with Crippen LogP contribution >= 0.6 is 0 Å². The molecule has 0 fully saturated rings. The summed E-state index contributed by atoms with van der Waals surface area (Å²) in [6.45, 7) is 5.48. The fourth-order valence-corrected chi connectivity index (χ4v) is 1.95. The highest BCUT2D eigenvalue weighted by Gasteiger charge is 2.09. The second-order valence-corrected chi connectivity index (χ2v) is 5.68. The zero-order valence-electron chi connectivity index (χ0n) is 14.0. The largest absolute Gasteiger partial charge is 0.484 e. The van der Waals surface area contributed by atoms with Crippen molar-refractivity contribution >= 4 is 17.6 Å². The van der Waals surface area contributed by atoms with Crippen LogP contribution in [-0.2, 0) is 9.53 Å². The molecular weight excluding hydrogens is 306 g/mol. The number of anilines is 1. The van der Waals surface area contributed by atoms with Crippen LogP contribution in [0.1, 0.15) is 29.8 Å². The van der Waals surface area contributed by atoms with E-state index < -0.39 is 0 Å². The summed E-state index contributed by atoms with van der Waals surface area (Å²) in [5.41, 5.74) is 2.16. The lowest BCUT2D eigenvalue weighted by molar-refractivity contribution is -0.118.